The van der Waals surface area contributed by atoms with E-state index in [9.17, 15) is 27.6 Å². The van der Waals surface area contributed by atoms with E-state index in [4.69, 9.17) is 16.7 Å². The van der Waals surface area contributed by atoms with Crippen LogP contribution in [0.1, 0.15) is 21.5 Å². The molecule has 0 aliphatic carbocycles. The molecule has 1 N–H and O–H groups in total. The zero-order chi connectivity index (χ0) is 20.6. The molecule has 5 nitrogen and oxygen atoms in total. The van der Waals surface area contributed by atoms with E-state index in [1.54, 1.807) is 0 Å². The van der Waals surface area contributed by atoms with Crippen LogP contribution in [-0.2, 0) is 11.0 Å². The van der Waals surface area contributed by atoms with Crippen LogP contribution in [0.25, 0.3) is 6.08 Å². The average molecular weight is 428 g/mol. The molecule has 0 bridgehead atoms. The van der Waals surface area contributed by atoms with E-state index in [2.05, 4.69) is 0 Å². The summed E-state index contributed by atoms with van der Waals surface area (Å²) in [5.41, 5.74) is -0.892. The maximum Gasteiger partial charge on any atom is 0.417 e. The van der Waals surface area contributed by atoms with Crippen LogP contribution in [0, 0.1) is 0 Å². The van der Waals surface area contributed by atoms with Gasteiger partial charge in [0.25, 0.3) is 11.1 Å². The van der Waals surface area contributed by atoms with Gasteiger partial charge in [0, 0.05) is 0 Å². The van der Waals surface area contributed by atoms with E-state index in [0.29, 0.717) is 28.3 Å². The Morgan fingerprint density at radius 3 is 2.32 bits per heavy atom. The normalized spacial score (nSPS) is 16.1. The minimum atomic E-state index is -4.74. The van der Waals surface area contributed by atoms with Crippen molar-refractivity contribution in [1.82, 2.24) is 0 Å². The monoisotopic (exact) mass is 427 g/mol. The van der Waals surface area contributed by atoms with Gasteiger partial charge in [0.05, 0.1) is 26.7 Å². The van der Waals surface area contributed by atoms with E-state index in [1.165, 1.54) is 30.3 Å². The van der Waals surface area contributed by atoms with Gasteiger partial charge in [-0.25, -0.2) is 9.69 Å². The van der Waals surface area contributed by atoms with Crippen LogP contribution in [0.3, 0.4) is 0 Å². The number of rotatable bonds is 3. The van der Waals surface area contributed by atoms with Crippen molar-refractivity contribution in [3.63, 3.8) is 0 Å². The van der Waals surface area contributed by atoms with Crippen LogP contribution in [0.15, 0.2) is 47.4 Å². The lowest BCUT2D eigenvalue weighted by Crippen LogP contribution is -2.28. The maximum atomic E-state index is 13.0. The number of alkyl halides is 3. The van der Waals surface area contributed by atoms with Crippen molar-refractivity contribution in [2.45, 2.75) is 6.18 Å². The van der Waals surface area contributed by atoms with Crippen molar-refractivity contribution in [3.05, 3.63) is 69.1 Å². The molecule has 1 aliphatic heterocycles. The zero-order valence-corrected chi connectivity index (χ0v) is 15.2. The molecular formula is C18H9ClF3NO4S. The molecule has 2 aromatic rings. The molecule has 2 aromatic carbocycles. The van der Waals surface area contributed by atoms with Gasteiger partial charge in [-0.15, -0.1) is 0 Å². The third-order valence-corrected chi connectivity index (χ3v) is 4.96. The summed E-state index contributed by atoms with van der Waals surface area (Å²) in [6.45, 7) is 0. The third-order valence-electron chi connectivity index (χ3n) is 3.76. The van der Waals surface area contributed by atoms with Gasteiger partial charge in [-0.05, 0) is 53.7 Å². The van der Waals surface area contributed by atoms with Crippen LogP contribution < -0.4 is 4.90 Å². The van der Waals surface area contributed by atoms with Gasteiger partial charge in [0.2, 0.25) is 0 Å². The fraction of sp³-hybridized carbons (Fsp3) is 0.0556. The lowest BCUT2D eigenvalue weighted by atomic mass is 10.1. The molecule has 1 aliphatic rings. The van der Waals surface area contributed by atoms with Crippen LogP contribution in [0.2, 0.25) is 5.02 Å². The number of nitrogens with zero attached hydrogens (tertiary/aromatic N) is 1. The highest BCUT2D eigenvalue weighted by Gasteiger charge is 2.39. The van der Waals surface area contributed by atoms with E-state index in [1.807, 2.05) is 0 Å². The van der Waals surface area contributed by atoms with Crippen molar-refractivity contribution in [2.75, 3.05) is 4.90 Å². The highest BCUT2D eigenvalue weighted by Crippen LogP contribution is 2.40. The van der Waals surface area contributed by atoms with Gasteiger partial charge >= 0.3 is 12.1 Å². The largest absolute Gasteiger partial charge is 0.478 e. The summed E-state index contributed by atoms with van der Waals surface area (Å²) >= 11 is 6.13. The maximum absolute atomic E-state index is 13.0. The van der Waals surface area contributed by atoms with Gasteiger partial charge in [-0.1, -0.05) is 23.7 Å². The minimum absolute atomic E-state index is 0.00316. The standard InChI is InChI=1S/C18H9ClF3NO4S/c19-13-6-5-11(8-12(13)18(20,21)22)23-15(24)14(28-17(23)27)7-9-1-3-10(4-2-9)16(25)26/h1-8H,(H,25,26)/b14-7-. The molecule has 1 saturated heterocycles. The number of carbonyl (C=O) groups is 3. The molecular weight excluding hydrogens is 419 g/mol. The lowest BCUT2D eigenvalue weighted by Gasteiger charge is -2.16. The first-order valence-corrected chi connectivity index (χ1v) is 8.75. The van der Waals surface area contributed by atoms with E-state index in [0.717, 1.165) is 12.1 Å². The number of amides is 2. The molecule has 0 spiro atoms. The van der Waals surface area contributed by atoms with Gasteiger partial charge in [-0.3, -0.25) is 9.59 Å². The Kier molecular flexibility index (Phi) is 5.22. The summed E-state index contributed by atoms with van der Waals surface area (Å²) < 4.78 is 39.1. The van der Waals surface area contributed by atoms with Crippen molar-refractivity contribution in [3.8, 4) is 0 Å². The molecule has 10 heteroatoms. The summed E-state index contributed by atoms with van der Waals surface area (Å²) in [5.74, 6) is -1.90. The number of benzene rings is 2. The Balaban J connectivity index is 1.93. The number of carboxylic acids is 1. The third kappa shape index (κ3) is 3.90. The molecule has 3 rings (SSSR count). The van der Waals surface area contributed by atoms with Gasteiger partial charge in [0.15, 0.2) is 0 Å². The van der Waals surface area contributed by atoms with E-state index < -0.39 is 33.9 Å². The molecule has 1 fully saturated rings. The zero-order valence-electron chi connectivity index (χ0n) is 13.7. The fourth-order valence-corrected chi connectivity index (χ4v) is 3.50. The van der Waals surface area contributed by atoms with Crippen LogP contribution in [0.4, 0.5) is 23.7 Å². The van der Waals surface area contributed by atoms with Gasteiger partial charge in [-0.2, -0.15) is 13.2 Å². The first kappa shape index (κ1) is 20.0. The van der Waals surface area contributed by atoms with Crippen molar-refractivity contribution in [1.29, 1.82) is 0 Å². The Morgan fingerprint density at radius 1 is 1.11 bits per heavy atom. The van der Waals surface area contributed by atoms with Crippen molar-refractivity contribution < 1.29 is 32.7 Å². The molecule has 2 amide bonds. The number of halogens is 4. The second kappa shape index (κ2) is 7.33. The van der Waals surface area contributed by atoms with Gasteiger partial charge < -0.3 is 5.11 Å². The summed E-state index contributed by atoms with van der Waals surface area (Å²) in [5, 5.41) is 7.58. The Labute approximate surface area is 165 Å². The quantitative estimate of drug-likeness (QED) is 0.673. The first-order chi connectivity index (χ1) is 13.1. The van der Waals surface area contributed by atoms with Crippen LogP contribution >= 0.6 is 23.4 Å². The number of thioether (sulfide) groups is 1. The lowest BCUT2D eigenvalue weighted by molar-refractivity contribution is -0.137. The summed E-state index contributed by atoms with van der Waals surface area (Å²) in [7, 11) is 0. The molecule has 1 heterocycles. The Bertz CT molecular complexity index is 1020. The summed E-state index contributed by atoms with van der Waals surface area (Å²) in [4.78, 5) is 36.2. The fourth-order valence-electron chi connectivity index (χ4n) is 2.43. The van der Waals surface area contributed by atoms with Crippen LogP contribution in [-0.4, -0.2) is 22.2 Å². The highest BCUT2D eigenvalue weighted by atomic mass is 35.5. The van der Waals surface area contributed by atoms with Gasteiger partial charge in [0.1, 0.15) is 0 Å². The Morgan fingerprint density at radius 2 is 1.75 bits per heavy atom. The average Bonchev–Trinajstić information content (AvgIpc) is 2.89. The topological polar surface area (TPSA) is 74.7 Å². The molecule has 0 saturated carbocycles. The van der Waals surface area contributed by atoms with Crippen LogP contribution in [0.5, 0.6) is 0 Å². The highest BCUT2D eigenvalue weighted by molar-refractivity contribution is 8.19. The minimum Gasteiger partial charge on any atom is -0.478 e. The Hall–Kier alpha value is -2.78. The molecule has 0 unspecified atom stereocenters. The number of carbonyl (C=O) groups excluding carboxylic acids is 2. The first-order valence-electron chi connectivity index (χ1n) is 7.56. The number of hydrogen-bond acceptors (Lipinski definition) is 4. The number of anilines is 1. The number of carboxylic acid groups (broad SMARTS) is 1. The summed E-state index contributed by atoms with van der Waals surface area (Å²) in [6.07, 6.45) is -3.38. The number of hydrogen-bond donors (Lipinski definition) is 1. The molecule has 28 heavy (non-hydrogen) atoms. The molecule has 0 aromatic heterocycles. The summed E-state index contributed by atoms with van der Waals surface area (Å²) in [6, 6.07) is 8.31. The molecule has 0 radical (unpaired) electrons. The second-order valence-corrected chi connectivity index (χ2v) is 7.01. The predicted molar refractivity (Wildman–Crippen MR) is 98.3 cm³/mol. The smallest absolute Gasteiger partial charge is 0.417 e. The SMILES string of the molecule is O=C(O)c1ccc(/C=C2\SC(=O)N(c3ccc(Cl)c(C(F)(F)F)c3)C2=O)cc1. The molecule has 144 valence electrons. The van der Waals surface area contributed by atoms with E-state index >= 15 is 0 Å². The van der Waals surface area contributed by atoms with Crippen molar-refractivity contribution in [2.24, 2.45) is 0 Å². The van der Waals surface area contributed by atoms with E-state index in [-0.39, 0.29) is 16.2 Å². The van der Waals surface area contributed by atoms with Crippen molar-refractivity contribution >= 4 is 52.2 Å². The second-order valence-electron chi connectivity index (χ2n) is 5.61. The number of imide groups is 1. The predicted octanol–water partition coefficient (Wildman–Crippen LogP) is 5.30. The number of aromatic carboxylic acids is 1. The molecule has 0 atom stereocenters.